The number of thiocarbonyl (C=S) groups is 1. The highest BCUT2D eigenvalue weighted by Crippen LogP contribution is 2.23. The topological polar surface area (TPSA) is 55.6 Å². The van der Waals surface area contributed by atoms with Crippen molar-refractivity contribution in [1.82, 2.24) is 4.90 Å². The maximum atomic E-state index is 11.4. The number of halogens is 1. The molecule has 4 nitrogen and oxygen atoms in total. The van der Waals surface area contributed by atoms with Gasteiger partial charge in [0.25, 0.3) is 0 Å². The molecule has 0 saturated heterocycles. The first kappa shape index (κ1) is 15.9. The van der Waals surface area contributed by atoms with Crippen molar-refractivity contribution in [3.05, 3.63) is 28.2 Å². The molecule has 0 aromatic heterocycles. The highest BCUT2D eigenvalue weighted by atomic mass is 79.9. The molecule has 0 aliphatic rings. The average molecular weight is 345 g/mol. The van der Waals surface area contributed by atoms with Crippen LogP contribution < -0.4 is 10.5 Å². The number of carbonyl (C=O) groups is 1. The third kappa shape index (κ3) is 5.16. The smallest absolute Gasteiger partial charge is 0.222 e. The fraction of sp³-hybridized carbons (Fsp3) is 0.385. The quantitative estimate of drug-likeness (QED) is 0.635. The van der Waals surface area contributed by atoms with E-state index in [9.17, 15) is 4.79 Å². The largest absolute Gasteiger partial charge is 0.493 e. The van der Waals surface area contributed by atoms with E-state index in [1.165, 1.54) is 0 Å². The van der Waals surface area contributed by atoms with Gasteiger partial charge in [0.15, 0.2) is 0 Å². The van der Waals surface area contributed by atoms with Gasteiger partial charge in [-0.3, -0.25) is 4.79 Å². The van der Waals surface area contributed by atoms with Crippen LogP contribution >= 0.6 is 28.1 Å². The van der Waals surface area contributed by atoms with Gasteiger partial charge in [-0.2, -0.15) is 0 Å². The lowest BCUT2D eigenvalue weighted by Gasteiger charge is -2.12. The molecule has 0 atom stereocenters. The Labute approximate surface area is 127 Å². The molecular formula is C13H17BrN2O2S. The van der Waals surface area contributed by atoms with Crippen LogP contribution in [0, 0.1) is 0 Å². The number of carbonyl (C=O) groups excluding carboxylic acids is 1. The summed E-state index contributed by atoms with van der Waals surface area (Å²) in [6.45, 7) is 0.455. The van der Waals surface area contributed by atoms with Crippen molar-refractivity contribution in [2.24, 2.45) is 5.73 Å². The van der Waals surface area contributed by atoms with Gasteiger partial charge in [-0.05, 0) is 24.6 Å². The molecule has 0 aliphatic heterocycles. The van der Waals surface area contributed by atoms with Gasteiger partial charge in [0.2, 0.25) is 5.91 Å². The Bertz CT molecular complexity index is 478. The normalized spacial score (nSPS) is 10.1. The van der Waals surface area contributed by atoms with Gasteiger partial charge in [-0.15, -0.1) is 0 Å². The van der Waals surface area contributed by atoms with Crippen LogP contribution in [0.15, 0.2) is 22.7 Å². The molecule has 1 aromatic rings. The number of hydrogen-bond acceptors (Lipinski definition) is 3. The van der Waals surface area contributed by atoms with Gasteiger partial charge < -0.3 is 15.4 Å². The van der Waals surface area contributed by atoms with Gasteiger partial charge >= 0.3 is 0 Å². The zero-order valence-corrected chi connectivity index (χ0v) is 13.4. The van der Waals surface area contributed by atoms with Crippen molar-refractivity contribution in [3.8, 4) is 5.75 Å². The lowest BCUT2D eigenvalue weighted by Crippen LogP contribution is -2.21. The second-order valence-electron chi connectivity index (χ2n) is 4.24. The zero-order chi connectivity index (χ0) is 14.4. The van der Waals surface area contributed by atoms with Gasteiger partial charge in [0, 0.05) is 25.0 Å². The van der Waals surface area contributed by atoms with E-state index in [2.05, 4.69) is 15.9 Å². The van der Waals surface area contributed by atoms with E-state index >= 15 is 0 Å². The summed E-state index contributed by atoms with van der Waals surface area (Å²) in [5, 5.41) is 0. The first-order valence-corrected chi connectivity index (χ1v) is 7.04. The standard InChI is InChI=1S/C13H17BrN2O2S/c1-16(2)12(17)4-3-7-18-11-6-5-9(14)8-10(11)13(15)19/h5-6,8H,3-4,7H2,1-2H3,(H2,15,19). The molecular weight excluding hydrogens is 328 g/mol. The minimum absolute atomic E-state index is 0.0916. The molecule has 0 radical (unpaired) electrons. The summed E-state index contributed by atoms with van der Waals surface area (Å²) in [5.41, 5.74) is 6.34. The molecule has 0 fully saturated rings. The third-order valence-electron chi connectivity index (χ3n) is 2.50. The minimum Gasteiger partial charge on any atom is -0.493 e. The summed E-state index contributed by atoms with van der Waals surface area (Å²) in [6, 6.07) is 5.50. The number of ether oxygens (including phenoxy) is 1. The lowest BCUT2D eigenvalue weighted by atomic mass is 10.2. The van der Waals surface area contributed by atoms with E-state index in [-0.39, 0.29) is 5.91 Å². The number of amides is 1. The predicted molar refractivity (Wildman–Crippen MR) is 83.5 cm³/mol. The van der Waals surface area contributed by atoms with Crippen LogP contribution in [0.5, 0.6) is 5.75 Å². The van der Waals surface area contributed by atoms with Crippen LogP contribution in [0.25, 0.3) is 0 Å². The van der Waals surface area contributed by atoms with Crippen LogP contribution in [0.3, 0.4) is 0 Å². The Balaban J connectivity index is 2.54. The fourth-order valence-electron chi connectivity index (χ4n) is 1.45. The van der Waals surface area contributed by atoms with E-state index in [1.807, 2.05) is 18.2 Å². The van der Waals surface area contributed by atoms with E-state index in [0.29, 0.717) is 35.7 Å². The highest BCUT2D eigenvalue weighted by molar-refractivity contribution is 9.10. The summed E-state index contributed by atoms with van der Waals surface area (Å²) in [6.07, 6.45) is 1.12. The van der Waals surface area contributed by atoms with Crippen molar-refractivity contribution < 1.29 is 9.53 Å². The first-order chi connectivity index (χ1) is 8.91. The Morgan fingerprint density at radius 2 is 2.16 bits per heavy atom. The zero-order valence-electron chi connectivity index (χ0n) is 11.0. The number of hydrogen-bond donors (Lipinski definition) is 1. The Morgan fingerprint density at radius 3 is 2.74 bits per heavy atom. The van der Waals surface area contributed by atoms with Gasteiger partial charge in [-0.1, -0.05) is 28.1 Å². The molecule has 1 amide bonds. The van der Waals surface area contributed by atoms with E-state index in [1.54, 1.807) is 19.0 Å². The lowest BCUT2D eigenvalue weighted by molar-refractivity contribution is -0.128. The van der Waals surface area contributed by atoms with Crippen LogP contribution in [-0.2, 0) is 4.79 Å². The van der Waals surface area contributed by atoms with Crippen LogP contribution in [-0.4, -0.2) is 36.5 Å². The van der Waals surface area contributed by atoms with Crippen molar-refractivity contribution in [1.29, 1.82) is 0 Å². The molecule has 0 saturated carbocycles. The summed E-state index contributed by atoms with van der Waals surface area (Å²) in [4.78, 5) is 13.3. The van der Waals surface area contributed by atoms with E-state index < -0.39 is 0 Å². The highest BCUT2D eigenvalue weighted by Gasteiger charge is 2.08. The van der Waals surface area contributed by atoms with Gasteiger partial charge in [0.05, 0.1) is 12.2 Å². The van der Waals surface area contributed by atoms with E-state index in [0.717, 1.165) is 4.47 Å². The second-order valence-corrected chi connectivity index (χ2v) is 5.60. The molecule has 2 N–H and O–H groups in total. The summed E-state index contributed by atoms with van der Waals surface area (Å²) >= 11 is 8.34. The maximum Gasteiger partial charge on any atom is 0.222 e. The monoisotopic (exact) mass is 344 g/mol. The Hall–Kier alpha value is -1.14. The molecule has 0 bridgehead atoms. The molecule has 104 valence electrons. The van der Waals surface area contributed by atoms with Crippen molar-refractivity contribution in [2.75, 3.05) is 20.7 Å². The molecule has 1 aromatic carbocycles. The summed E-state index contributed by atoms with van der Waals surface area (Å²) in [5.74, 6) is 0.738. The van der Waals surface area contributed by atoms with E-state index in [4.69, 9.17) is 22.7 Å². The minimum atomic E-state index is 0.0916. The third-order valence-corrected chi connectivity index (χ3v) is 3.21. The molecule has 0 heterocycles. The van der Waals surface area contributed by atoms with Crippen LogP contribution in [0.1, 0.15) is 18.4 Å². The maximum absolute atomic E-state index is 11.4. The van der Waals surface area contributed by atoms with Gasteiger partial charge in [0.1, 0.15) is 10.7 Å². The average Bonchev–Trinajstić information content (AvgIpc) is 2.35. The first-order valence-electron chi connectivity index (χ1n) is 5.84. The number of benzene rings is 1. The SMILES string of the molecule is CN(C)C(=O)CCCOc1ccc(Br)cc1C(N)=S. The molecule has 19 heavy (non-hydrogen) atoms. The number of nitrogens with two attached hydrogens (primary N) is 1. The molecule has 0 aliphatic carbocycles. The summed E-state index contributed by atoms with van der Waals surface area (Å²) < 4.78 is 6.52. The number of rotatable bonds is 6. The van der Waals surface area contributed by atoms with Crippen molar-refractivity contribution in [2.45, 2.75) is 12.8 Å². The molecule has 6 heteroatoms. The predicted octanol–water partition coefficient (Wildman–Crippen LogP) is 2.33. The number of nitrogens with zero attached hydrogens (tertiary/aromatic N) is 1. The summed E-state index contributed by atoms with van der Waals surface area (Å²) in [7, 11) is 3.48. The Kier molecular flexibility index (Phi) is 6.24. The molecule has 1 rings (SSSR count). The van der Waals surface area contributed by atoms with Crippen LogP contribution in [0.4, 0.5) is 0 Å². The molecule has 0 unspecified atom stereocenters. The van der Waals surface area contributed by atoms with Crippen molar-refractivity contribution >= 4 is 39.0 Å². The Morgan fingerprint density at radius 1 is 1.47 bits per heavy atom. The second kappa shape index (κ2) is 7.45. The molecule has 0 spiro atoms. The van der Waals surface area contributed by atoms with Gasteiger partial charge in [-0.25, -0.2) is 0 Å². The fourth-order valence-corrected chi connectivity index (χ4v) is 1.97. The van der Waals surface area contributed by atoms with Crippen molar-refractivity contribution in [3.63, 3.8) is 0 Å². The van der Waals surface area contributed by atoms with Crippen LogP contribution in [0.2, 0.25) is 0 Å².